The molecule has 0 bridgehead atoms. The highest BCUT2D eigenvalue weighted by Gasteiger charge is 2.06. The number of hydrogen-bond acceptors (Lipinski definition) is 4. The van der Waals surface area contributed by atoms with Crippen LogP contribution in [0.4, 0.5) is 0 Å². The van der Waals surface area contributed by atoms with E-state index in [1.807, 2.05) is 44.2 Å². The van der Waals surface area contributed by atoms with Gasteiger partial charge in [-0.05, 0) is 26.0 Å². The van der Waals surface area contributed by atoms with Gasteiger partial charge in [-0.15, -0.1) is 11.3 Å². The molecule has 0 aliphatic heterocycles. The lowest BCUT2D eigenvalue weighted by atomic mass is 10.3. The zero-order valence-electron chi connectivity index (χ0n) is 11.7. The number of aromatic nitrogens is 1. The fraction of sp³-hybridized carbons (Fsp3) is 0.333. The van der Waals surface area contributed by atoms with E-state index in [0.717, 1.165) is 17.1 Å². The zero-order chi connectivity index (χ0) is 14.4. The predicted molar refractivity (Wildman–Crippen MR) is 80.2 cm³/mol. The van der Waals surface area contributed by atoms with Crippen molar-refractivity contribution in [3.8, 4) is 5.75 Å². The minimum absolute atomic E-state index is 0.0463. The van der Waals surface area contributed by atoms with E-state index in [9.17, 15) is 4.79 Å². The first kappa shape index (κ1) is 14.5. The highest BCUT2D eigenvalue weighted by molar-refractivity contribution is 7.11. The number of carbonyl (C=O) groups is 1. The lowest BCUT2D eigenvalue weighted by Gasteiger charge is -2.07. The van der Waals surface area contributed by atoms with Gasteiger partial charge < -0.3 is 10.1 Å². The number of hydrogen-bond donors (Lipinski definition) is 1. The molecule has 0 aliphatic carbocycles. The van der Waals surface area contributed by atoms with Crippen LogP contribution in [0.3, 0.4) is 0 Å². The van der Waals surface area contributed by atoms with E-state index in [1.165, 1.54) is 4.88 Å². The Kier molecular flexibility index (Phi) is 5.12. The summed E-state index contributed by atoms with van der Waals surface area (Å²) >= 11 is 1.68. The number of para-hydroxylation sites is 1. The summed E-state index contributed by atoms with van der Waals surface area (Å²) < 4.78 is 5.38. The van der Waals surface area contributed by atoms with Gasteiger partial charge in [0.15, 0.2) is 6.61 Å². The second kappa shape index (κ2) is 7.05. The molecule has 0 unspecified atom stereocenters. The van der Waals surface area contributed by atoms with Gasteiger partial charge in [0.1, 0.15) is 5.75 Å². The second-order valence-corrected chi connectivity index (χ2v) is 5.73. The molecule has 1 amide bonds. The summed E-state index contributed by atoms with van der Waals surface area (Å²) in [6.07, 6.45) is 0.814. The second-order valence-electron chi connectivity index (χ2n) is 4.44. The van der Waals surface area contributed by atoms with Crippen LogP contribution in [-0.2, 0) is 11.2 Å². The highest BCUT2D eigenvalue weighted by Crippen LogP contribution is 2.17. The van der Waals surface area contributed by atoms with Crippen molar-refractivity contribution in [2.45, 2.75) is 20.3 Å². The Morgan fingerprint density at radius 3 is 2.70 bits per heavy atom. The van der Waals surface area contributed by atoms with Crippen LogP contribution in [0.2, 0.25) is 0 Å². The van der Waals surface area contributed by atoms with Crippen molar-refractivity contribution in [2.24, 2.45) is 0 Å². The number of carbonyl (C=O) groups excluding carboxylic acids is 1. The molecule has 1 N–H and O–H groups in total. The molecule has 0 atom stereocenters. The maximum absolute atomic E-state index is 11.6. The van der Waals surface area contributed by atoms with E-state index < -0.39 is 0 Å². The van der Waals surface area contributed by atoms with Crippen molar-refractivity contribution >= 4 is 17.2 Å². The standard InChI is InChI=1S/C15H18N2O2S/c1-11-14(20-12(2)17-11)8-9-16-15(18)10-19-13-6-4-3-5-7-13/h3-7H,8-10H2,1-2H3,(H,16,18). The maximum atomic E-state index is 11.6. The first-order valence-corrected chi connectivity index (χ1v) is 7.34. The van der Waals surface area contributed by atoms with Crippen molar-refractivity contribution in [3.63, 3.8) is 0 Å². The molecule has 0 aliphatic rings. The molecule has 1 aromatic carbocycles. The zero-order valence-corrected chi connectivity index (χ0v) is 12.5. The third-order valence-electron chi connectivity index (χ3n) is 2.79. The number of nitrogens with zero attached hydrogens (tertiary/aromatic N) is 1. The van der Waals surface area contributed by atoms with Gasteiger partial charge in [0.25, 0.3) is 5.91 Å². The molecule has 106 valence electrons. The number of nitrogens with one attached hydrogen (secondary N) is 1. The van der Waals surface area contributed by atoms with Crippen LogP contribution in [0.15, 0.2) is 30.3 Å². The third kappa shape index (κ3) is 4.35. The fourth-order valence-electron chi connectivity index (χ4n) is 1.84. The van der Waals surface area contributed by atoms with Gasteiger partial charge in [-0.3, -0.25) is 4.79 Å². The number of thiazole rings is 1. The van der Waals surface area contributed by atoms with Crippen molar-refractivity contribution in [2.75, 3.05) is 13.2 Å². The lowest BCUT2D eigenvalue weighted by molar-refractivity contribution is -0.123. The average molecular weight is 290 g/mol. The van der Waals surface area contributed by atoms with E-state index in [-0.39, 0.29) is 12.5 Å². The Morgan fingerprint density at radius 1 is 1.30 bits per heavy atom. The first-order valence-electron chi connectivity index (χ1n) is 6.52. The molecule has 0 saturated heterocycles. The molecule has 2 rings (SSSR count). The first-order chi connectivity index (χ1) is 9.65. The molecule has 1 heterocycles. The van der Waals surface area contributed by atoms with Gasteiger partial charge in [-0.1, -0.05) is 18.2 Å². The van der Waals surface area contributed by atoms with Gasteiger partial charge in [-0.2, -0.15) is 0 Å². The van der Waals surface area contributed by atoms with E-state index in [2.05, 4.69) is 10.3 Å². The highest BCUT2D eigenvalue weighted by atomic mass is 32.1. The summed E-state index contributed by atoms with van der Waals surface area (Å²) in [4.78, 5) is 17.2. The Balaban J connectivity index is 1.69. The molecule has 0 saturated carbocycles. The molecular weight excluding hydrogens is 272 g/mol. The van der Waals surface area contributed by atoms with Crippen LogP contribution in [0, 0.1) is 13.8 Å². The van der Waals surface area contributed by atoms with Gasteiger partial charge in [-0.25, -0.2) is 4.98 Å². The monoisotopic (exact) mass is 290 g/mol. The van der Waals surface area contributed by atoms with E-state index in [4.69, 9.17) is 4.74 Å². The van der Waals surface area contributed by atoms with Gasteiger partial charge >= 0.3 is 0 Å². The van der Waals surface area contributed by atoms with Crippen LogP contribution >= 0.6 is 11.3 Å². The van der Waals surface area contributed by atoms with Crippen LogP contribution in [0.5, 0.6) is 5.75 Å². The number of aryl methyl sites for hydroxylation is 2. The molecule has 1 aromatic heterocycles. The Hall–Kier alpha value is -1.88. The molecule has 4 nitrogen and oxygen atoms in total. The Bertz CT molecular complexity index is 567. The molecule has 5 heteroatoms. The topological polar surface area (TPSA) is 51.2 Å². The average Bonchev–Trinajstić information content (AvgIpc) is 2.76. The normalized spacial score (nSPS) is 10.3. The summed E-state index contributed by atoms with van der Waals surface area (Å²) in [5, 5.41) is 3.92. The van der Waals surface area contributed by atoms with Crippen LogP contribution < -0.4 is 10.1 Å². The number of amides is 1. The summed E-state index contributed by atoms with van der Waals surface area (Å²) in [7, 11) is 0. The Morgan fingerprint density at radius 2 is 2.05 bits per heavy atom. The van der Waals surface area contributed by atoms with Crippen LogP contribution in [0.25, 0.3) is 0 Å². The molecule has 0 spiro atoms. The molecule has 20 heavy (non-hydrogen) atoms. The minimum Gasteiger partial charge on any atom is -0.484 e. The Labute approximate surface area is 122 Å². The number of ether oxygens (including phenoxy) is 1. The van der Waals surface area contributed by atoms with E-state index >= 15 is 0 Å². The largest absolute Gasteiger partial charge is 0.484 e. The summed E-state index contributed by atoms with van der Waals surface area (Å²) in [6.45, 7) is 4.65. The van der Waals surface area contributed by atoms with Crippen molar-refractivity contribution in [1.29, 1.82) is 0 Å². The summed E-state index contributed by atoms with van der Waals surface area (Å²) in [5.74, 6) is 0.601. The van der Waals surface area contributed by atoms with Crippen molar-refractivity contribution in [1.82, 2.24) is 10.3 Å². The SMILES string of the molecule is Cc1nc(C)c(CCNC(=O)COc2ccccc2)s1. The fourth-order valence-corrected chi connectivity index (χ4v) is 2.77. The number of benzene rings is 1. The van der Waals surface area contributed by atoms with Gasteiger partial charge in [0.05, 0.1) is 10.7 Å². The smallest absolute Gasteiger partial charge is 0.257 e. The van der Waals surface area contributed by atoms with Crippen molar-refractivity contribution < 1.29 is 9.53 Å². The van der Waals surface area contributed by atoms with Gasteiger partial charge in [0, 0.05) is 17.8 Å². The molecule has 0 radical (unpaired) electrons. The van der Waals surface area contributed by atoms with Crippen molar-refractivity contribution in [3.05, 3.63) is 45.9 Å². The van der Waals surface area contributed by atoms with Crippen LogP contribution in [-0.4, -0.2) is 24.0 Å². The molecule has 0 fully saturated rings. The predicted octanol–water partition coefficient (Wildman–Crippen LogP) is 2.50. The summed E-state index contributed by atoms with van der Waals surface area (Å²) in [6, 6.07) is 9.32. The quantitative estimate of drug-likeness (QED) is 0.889. The van der Waals surface area contributed by atoms with Gasteiger partial charge in [0.2, 0.25) is 0 Å². The van der Waals surface area contributed by atoms with Crippen LogP contribution in [0.1, 0.15) is 15.6 Å². The maximum Gasteiger partial charge on any atom is 0.257 e. The minimum atomic E-state index is -0.104. The van der Waals surface area contributed by atoms with E-state index in [0.29, 0.717) is 12.3 Å². The number of rotatable bonds is 6. The third-order valence-corrected chi connectivity index (χ3v) is 3.92. The molecule has 2 aromatic rings. The van der Waals surface area contributed by atoms with E-state index in [1.54, 1.807) is 11.3 Å². The molecular formula is C15H18N2O2S. The summed E-state index contributed by atoms with van der Waals surface area (Å²) in [5.41, 5.74) is 1.06. The lowest BCUT2D eigenvalue weighted by Crippen LogP contribution is -2.30.